The maximum atomic E-state index is 12.8. The molecule has 3 rings (SSSR count). The predicted molar refractivity (Wildman–Crippen MR) is 122 cm³/mol. The first-order chi connectivity index (χ1) is 16.7. The van der Waals surface area contributed by atoms with Gasteiger partial charge < -0.3 is 39.2 Å². The highest BCUT2D eigenvalue weighted by molar-refractivity contribution is 6.14. The number of carbonyl (C=O) groups is 3. The first-order valence-corrected chi connectivity index (χ1v) is 10.4. The van der Waals surface area contributed by atoms with Gasteiger partial charge in [-0.3, -0.25) is 9.59 Å². The normalized spacial score (nSPS) is 15.0. The largest absolute Gasteiger partial charge is 0.496 e. The van der Waals surface area contributed by atoms with Crippen molar-refractivity contribution >= 4 is 23.7 Å². The lowest BCUT2D eigenvalue weighted by atomic mass is 10.1. The average molecular weight is 487 g/mol. The third-order valence-electron chi connectivity index (χ3n) is 5.10. The second kappa shape index (κ2) is 10.8. The minimum absolute atomic E-state index is 0.0432. The van der Waals surface area contributed by atoms with Gasteiger partial charge in [0.15, 0.2) is 29.9 Å². The maximum Gasteiger partial charge on any atom is 0.328 e. The number of methoxy groups -OCH3 is 3. The Morgan fingerprint density at radius 3 is 2.31 bits per heavy atom. The molecule has 0 bridgehead atoms. The van der Waals surface area contributed by atoms with Gasteiger partial charge >= 0.3 is 5.97 Å². The number of aliphatic hydroxyl groups excluding tert-OH is 1. The van der Waals surface area contributed by atoms with Crippen molar-refractivity contribution < 1.29 is 48.3 Å². The molecule has 1 aliphatic heterocycles. The number of fused-ring (bicyclic) bond motifs is 1. The molecular formula is C24H25NO10. The Balaban J connectivity index is 1.75. The third kappa shape index (κ3) is 5.64. The van der Waals surface area contributed by atoms with Crippen molar-refractivity contribution in [2.45, 2.75) is 19.1 Å². The van der Waals surface area contributed by atoms with Gasteiger partial charge in [-0.1, -0.05) is 0 Å². The molecule has 2 atom stereocenters. The summed E-state index contributed by atoms with van der Waals surface area (Å²) in [5.74, 6) is -0.634. The van der Waals surface area contributed by atoms with Gasteiger partial charge in [0, 0.05) is 17.7 Å². The first kappa shape index (κ1) is 25.4. The number of carboxylic acids is 1. The van der Waals surface area contributed by atoms with Crippen LogP contribution in [0.4, 0.5) is 0 Å². The van der Waals surface area contributed by atoms with Crippen molar-refractivity contribution in [3.63, 3.8) is 0 Å². The number of ketones is 1. The average Bonchev–Trinajstić information content (AvgIpc) is 3.14. The number of aliphatic hydroxyl groups is 1. The van der Waals surface area contributed by atoms with Crippen molar-refractivity contribution in [2.24, 2.45) is 0 Å². The maximum absolute atomic E-state index is 12.8. The summed E-state index contributed by atoms with van der Waals surface area (Å²) < 4.78 is 27.1. The molecule has 2 aromatic rings. The fourth-order valence-corrected chi connectivity index (χ4v) is 3.32. The molecule has 11 nitrogen and oxygen atoms in total. The quantitative estimate of drug-likeness (QED) is 0.422. The molecule has 3 N–H and O–H groups in total. The summed E-state index contributed by atoms with van der Waals surface area (Å²) in [6.45, 7) is 0.742. The Kier molecular flexibility index (Phi) is 7.82. The topological polar surface area (TPSA) is 150 Å². The lowest BCUT2D eigenvalue weighted by molar-refractivity contribution is -0.145. The lowest BCUT2D eigenvalue weighted by Gasteiger charge is -2.17. The standard InChI is InChI=1S/C24H25NO10/c1-12(26)22(24(29)30)25-21(27)11-34-14-5-6-15-17(9-14)35-20(23(15)28)8-13-7-18(32-3)19(33-4)10-16(13)31-2/h5-10,12,22,26H,11H2,1-4H3,(H,25,27)(H,29,30). The molecule has 0 spiro atoms. The molecule has 0 saturated carbocycles. The van der Waals surface area contributed by atoms with Crippen LogP contribution in [0.15, 0.2) is 36.1 Å². The molecule has 1 amide bonds. The number of benzene rings is 2. The van der Waals surface area contributed by atoms with E-state index in [1.54, 1.807) is 12.1 Å². The number of hydrogen-bond donors (Lipinski definition) is 3. The van der Waals surface area contributed by atoms with Crippen LogP contribution in [0.2, 0.25) is 0 Å². The summed E-state index contributed by atoms with van der Waals surface area (Å²) in [5.41, 5.74) is 0.827. The van der Waals surface area contributed by atoms with Crippen LogP contribution < -0.4 is 29.0 Å². The summed E-state index contributed by atoms with van der Waals surface area (Å²) in [6.07, 6.45) is 0.226. The Hall–Kier alpha value is -4.25. The van der Waals surface area contributed by atoms with Crippen LogP contribution in [0.3, 0.4) is 0 Å². The number of amides is 1. The number of aliphatic carboxylic acids is 1. The molecule has 0 aromatic heterocycles. The Morgan fingerprint density at radius 1 is 1.06 bits per heavy atom. The number of hydrogen-bond acceptors (Lipinski definition) is 9. The molecule has 11 heteroatoms. The van der Waals surface area contributed by atoms with Gasteiger partial charge in [0.1, 0.15) is 17.2 Å². The number of carboxylic acid groups (broad SMARTS) is 1. The SMILES string of the molecule is COc1cc(OC)c(OC)cc1C=C1Oc2cc(OCC(=O)NC(C(=O)O)C(C)O)ccc2C1=O. The van der Waals surface area contributed by atoms with Crippen LogP contribution in [0.1, 0.15) is 22.8 Å². The molecule has 1 heterocycles. The van der Waals surface area contributed by atoms with Gasteiger partial charge in [-0.15, -0.1) is 0 Å². The molecule has 0 fully saturated rings. The monoisotopic (exact) mass is 487 g/mol. The summed E-state index contributed by atoms with van der Waals surface area (Å²) in [5, 5.41) is 20.7. The van der Waals surface area contributed by atoms with Crippen molar-refractivity contribution in [3.8, 4) is 28.7 Å². The number of Topliss-reactive ketones (excluding diaryl/α,β-unsaturated/α-hetero) is 1. The summed E-state index contributed by atoms with van der Waals surface area (Å²) in [4.78, 5) is 35.9. The fraction of sp³-hybridized carbons (Fsp3) is 0.292. The predicted octanol–water partition coefficient (Wildman–Crippen LogP) is 1.66. The zero-order valence-corrected chi connectivity index (χ0v) is 19.5. The van der Waals surface area contributed by atoms with Crippen LogP contribution in [-0.4, -0.2) is 68.0 Å². The molecule has 0 aliphatic carbocycles. The molecule has 2 aromatic carbocycles. The van der Waals surface area contributed by atoms with Crippen LogP contribution in [-0.2, 0) is 9.59 Å². The van der Waals surface area contributed by atoms with E-state index in [0.29, 0.717) is 28.4 Å². The van der Waals surface area contributed by atoms with E-state index in [-0.39, 0.29) is 23.0 Å². The van der Waals surface area contributed by atoms with E-state index in [2.05, 4.69) is 5.32 Å². The van der Waals surface area contributed by atoms with Crippen LogP contribution in [0.5, 0.6) is 28.7 Å². The minimum atomic E-state index is -1.46. The van der Waals surface area contributed by atoms with Crippen LogP contribution in [0, 0.1) is 0 Å². The summed E-state index contributed by atoms with van der Waals surface area (Å²) >= 11 is 0. The molecule has 0 saturated heterocycles. The number of carbonyl (C=O) groups excluding carboxylic acids is 2. The third-order valence-corrected chi connectivity index (χ3v) is 5.10. The van der Waals surface area contributed by atoms with Crippen LogP contribution >= 0.6 is 0 Å². The number of nitrogens with one attached hydrogen (secondary N) is 1. The first-order valence-electron chi connectivity index (χ1n) is 10.4. The van der Waals surface area contributed by atoms with E-state index >= 15 is 0 Å². The Bertz CT molecular complexity index is 1170. The van der Waals surface area contributed by atoms with E-state index in [4.69, 9.17) is 28.8 Å². The summed E-state index contributed by atoms with van der Waals surface area (Å²) in [7, 11) is 4.47. The van der Waals surface area contributed by atoms with E-state index in [1.165, 1.54) is 52.5 Å². The second-order valence-corrected chi connectivity index (χ2v) is 7.46. The van der Waals surface area contributed by atoms with E-state index in [1.807, 2.05) is 0 Å². The summed E-state index contributed by atoms with van der Waals surface area (Å²) in [6, 6.07) is 6.23. The number of allylic oxidation sites excluding steroid dienone is 1. The van der Waals surface area contributed by atoms with Gasteiger partial charge in [0.2, 0.25) is 5.78 Å². The highest BCUT2D eigenvalue weighted by Crippen LogP contribution is 2.39. The molecule has 0 radical (unpaired) electrons. The Morgan fingerprint density at radius 2 is 1.71 bits per heavy atom. The second-order valence-electron chi connectivity index (χ2n) is 7.46. The number of ether oxygens (including phenoxy) is 5. The molecule has 1 aliphatic rings. The highest BCUT2D eigenvalue weighted by atomic mass is 16.5. The van der Waals surface area contributed by atoms with Crippen molar-refractivity contribution in [1.82, 2.24) is 5.32 Å². The Labute approximate surface area is 200 Å². The van der Waals surface area contributed by atoms with Gasteiger partial charge in [-0.25, -0.2) is 4.79 Å². The van der Waals surface area contributed by atoms with E-state index in [0.717, 1.165) is 0 Å². The highest BCUT2D eigenvalue weighted by Gasteiger charge is 2.29. The lowest BCUT2D eigenvalue weighted by Crippen LogP contribution is -2.49. The molecule has 186 valence electrons. The van der Waals surface area contributed by atoms with Gasteiger partial charge in [-0.05, 0) is 31.2 Å². The van der Waals surface area contributed by atoms with Gasteiger partial charge in [-0.2, -0.15) is 0 Å². The van der Waals surface area contributed by atoms with Crippen molar-refractivity contribution in [3.05, 3.63) is 47.2 Å². The minimum Gasteiger partial charge on any atom is -0.496 e. The fourth-order valence-electron chi connectivity index (χ4n) is 3.32. The van der Waals surface area contributed by atoms with Crippen LogP contribution in [0.25, 0.3) is 6.08 Å². The van der Waals surface area contributed by atoms with Crippen molar-refractivity contribution in [2.75, 3.05) is 27.9 Å². The molecule has 35 heavy (non-hydrogen) atoms. The molecular weight excluding hydrogens is 462 g/mol. The smallest absolute Gasteiger partial charge is 0.328 e. The van der Waals surface area contributed by atoms with Gasteiger partial charge in [0.05, 0.1) is 33.0 Å². The zero-order valence-electron chi connectivity index (χ0n) is 19.5. The van der Waals surface area contributed by atoms with Gasteiger partial charge in [0.25, 0.3) is 5.91 Å². The van der Waals surface area contributed by atoms with Crippen molar-refractivity contribution in [1.29, 1.82) is 0 Å². The zero-order chi connectivity index (χ0) is 25.7. The van der Waals surface area contributed by atoms with E-state index in [9.17, 15) is 19.5 Å². The van der Waals surface area contributed by atoms with E-state index < -0.39 is 30.6 Å². The number of rotatable bonds is 10. The molecule has 2 unspecified atom stereocenters.